The molecular formula is C15H10ClFN2O3. The van der Waals surface area contributed by atoms with Crippen molar-refractivity contribution < 1.29 is 14.1 Å². The van der Waals surface area contributed by atoms with Crippen LogP contribution in [0.4, 0.5) is 10.1 Å². The number of nitrogens with one attached hydrogen (secondary N) is 1. The fraction of sp³-hybridized carbons (Fsp3) is 0. The first-order valence-electron chi connectivity index (χ1n) is 6.14. The van der Waals surface area contributed by atoms with E-state index in [1.165, 1.54) is 36.4 Å². The predicted molar refractivity (Wildman–Crippen MR) is 81.0 cm³/mol. The van der Waals surface area contributed by atoms with Crippen LogP contribution in [-0.4, -0.2) is 10.7 Å². The minimum Gasteiger partial charge on any atom is -0.356 e. The highest BCUT2D eigenvalue weighted by Crippen LogP contribution is 2.24. The van der Waals surface area contributed by atoms with E-state index in [0.717, 1.165) is 6.20 Å². The third-order valence-electron chi connectivity index (χ3n) is 2.78. The first-order valence-corrected chi connectivity index (χ1v) is 6.52. The summed E-state index contributed by atoms with van der Waals surface area (Å²) in [5.41, 5.74) is 0.299. The molecule has 2 rings (SSSR count). The average Bonchev–Trinajstić information content (AvgIpc) is 2.48. The molecule has 0 saturated carbocycles. The number of anilines is 1. The number of nitrogens with zero attached hydrogens (tertiary/aromatic N) is 1. The van der Waals surface area contributed by atoms with Crippen molar-refractivity contribution in [1.82, 2.24) is 0 Å². The quantitative estimate of drug-likeness (QED) is 0.515. The van der Waals surface area contributed by atoms with Gasteiger partial charge < -0.3 is 5.32 Å². The van der Waals surface area contributed by atoms with Gasteiger partial charge in [-0.05, 0) is 30.3 Å². The summed E-state index contributed by atoms with van der Waals surface area (Å²) in [6, 6.07) is 9.93. The van der Waals surface area contributed by atoms with Crippen LogP contribution < -0.4 is 5.32 Å². The lowest BCUT2D eigenvalue weighted by Crippen LogP contribution is -2.07. The van der Waals surface area contributed by atoms with Crippen molar-refractivity contribution in [3.8, 4) is 0 Å². The number of halogens is 2. The van der Waals surface area contributed by atoms with Gasteiger partial charge in [-0.1, -0.05) is 23.7 Å². The summed E-state index contributed by atoms with van der Waals surface area (Å²) in [4.78, 5) is 22.1. The van der Waals surface area contributed by atoms with Crippen LogP contribution in [-0.2, 0) is 0 Å². The van der Waals surface area contributed by atoms with Gasteiger partial charge >= 0.3 is 0 Å². The van der Waals surface area contributed by atoms with Crippen LogP contribution >= 0.6 is 11.6 Å². The van der Waals surface area contributed by atoms with E-state index in [2.05, 4.69) is 5.32 Å². The summed E-state index contributed by atoms with van der Waals surface area (Å²) >= 11 is 5.87. The van der Waals surface area contributed by atoms with Crippen LogP contribution in [0.5, 0.6) is 0 Å². The first kappa shape index (κ1) is 15.7. The van der Waals surface area contributed by atoms with E-state index in [-0.39, 0.29) is 16.8 Å². The molecule has 2 aromatic carbocycles. The number of benzene rings is 2. The standard InChI is InChI=1S/C15H10ClFN2O3/c16-10-5-6-14(18-7-8-19(21)22)12(9-10)15(20)11-3-1-2-4-13(11)17/h1-9,18H/b8-7+. The second-order valence-corrected chi connectivity index (χ2v) is 4.68. The Balaban J connectivity index is 2.41. The minimum atomic E-state index is -0.653. The number of nitro groups is 1. The molecule has 0 saturated heterocycles. The van der Waals surface area contributed by atoms with Crippen molar-refractivity contribution in [3.63, 3.8) is 0 Å². The summed E-state index contributed by atoms with van der Waals surface area (Å²) in [6.45, 7) is 0. The van der Waals surface area contributed by atoms with Gasteiger partial charge in [-0.2, -0.15) is 0 Å². The normalized spacial score (nSPS) is 10.6. The summed E-state index contributed by atoms with van der Waals surface area (Å²) in [6.07, 6.45) is 1.76. The highest BCUT2D eigenvalue weighted by atomic mass is 35.5. The lowest BCUT2D eigenvalue weighted by Gasteiger charge is -2.09. The van der Waals surface area contributed by atoms with Gasteiger partial charge in [0.15, 0.2) is 5.78 Å². The summed E-state index contributed by atoms with van der Waals surface area (Å²) in [5.74, 6) is -1.23. The molecule has 2 aromatic rings. The van der Waals surface area contributed by atoms with Gasteiger partial charge in [0.1, 0.15) is 5.82 Å². The van der Waals surface area contributed by atoms with Crippen molar-refractivity contribution in [2.45, 2.75) is 0 Å². The van der Waals surface area contributed by atoms with Crippen molar-refractivity contribution in [3.05, 3.63) is 86.9 Å². The molecule has 0 fully saturated rings. The van der Waals surface area contributed by atoms with Gasteiger partial charge in [0.05, 0.1) is 16.7 Å². The van der Waals surface area contributed by atoms with Gasteiger partial charge in [0.25, 0.3) is 0 Å². The van der Waals surface area contributed by atoms with Crippen LogP contribution in [0.15, 0.2) is 54.9 Å². The van der Waals surface area contributed by atoms with Crippen molar-refractivity contribution in [1.29, 1.82) is 0 Å². The second kappa shape index (κ2) is 6.82. The van der Waals surface area contributed by atoms with Gasteiger partial charge in [-0.15, -0.1) is 0 Å². The van der Waals surface area contributed by atoms with E-state index in [0.29, 0.717) is 11.2 Å². The number of carbonyl (C=O) groups is 1. The third kappa shape index (κ3) is 3.67. The zero-order valence-electron chi connectivity index (χ0n) is 11.1. The number of hydrogen-bond acceptors (Lipinski definition) is 4. The molecule has 0 aliphatic rings. The van der Waals surface area contributed by atoms with Crippen LogP contribution in [0.3, 0.4) is 0 Å². The minimum absolute atomic E-state index is 0.105. The predicted octanol–water partition coefficient (Wildman–Crippen LogP) is 3.87. The average molecular weight is 321 g/mol. The van der Waals surface area contributed by atoms with E-state index in [4.69, 9.17) is 11.6 Å². The highest BCUT2D eigenvalue weighted by molar-refractivity contribution is 6.31. The Morgan fingerprint density at radius 1 is 1.23 bits per heavy atom. The maximum Gasteiger partial charge on any atom is 0.250 e. The molecule has 22 heavy (non-hydrogen) atoms. The molecule has 0 aliphatic heterocycles. The van der Waals surface area contributed by atoms with Crippen LogP contribution in [0, 0.1) is 15.9 Å². The van der Waals surface area contributed by atoms with Crippen molar-refractivity contribution in [2.24, 2.45) is 0 Å². The molecule has 0 unspecified atom stereocenters. The molecule has 0 heterocycles. The number of rotatable bonds is 5. The zero-order chi connectivity index (χ0) is 16.1. The Hall–Kier alpha value is -2.73. The zero-order valence-corrected chi connectivity index (χ0v) is 11.9. The molecule has 0 radical (unpaired) electrons. The highest BCUT2D eigenvalue weighted by Gasteiger charge is 2.17. The van der Waals surface area contributed by atoms with Crippen molar-refractivity contribution in [2.75, 3.05) is 5.32 Å². The Labute approximate surface area is 130 Å². The Morgan fingerprint density at radius 2 is 1.95 bits per heavy atom. The first-order chi connectivity index (χ1) is 10.5. The fourth-order valence-corrected chi connectivity index (χ4v) is 1.98. The molecule has 0 aromatic heterocycles. The largest absolute Gasteiger partial charge is 0.356 e. The van der Waals surface area contributed by atoms with E-state index >= 15 is 0 Å². The van der Waals surface area contributed by atoms with Gasteiger partial charge in [-0.25, -0.2) is 4.39 Å². The van der Waals surface area contributed by atoms with Crippen LogP contribution in [0.2, 0.25) is 5.02 Å². The summed E-state index contributed by atoms with van der Waals surface area (Å²) in [5, 5.41) is 13.2. The smallest absolute Gasteiger partial charge is 0.250 e. The molecular weight excluding hydrogens is 311 g/mol. The SMILES string of the molecule is O=C(c1ccccc1F)c1cc(Cl)ccc1N/C=C/[N+](=O)[O-]. The second-order valence-electron chi connectivity index (χ2n) is 4.24. The van der Waals surface area contributed by atoms with Crippen molar-refractivity contribution >= 4 is 23.1 Å². The lowest BCUT2D eigenvalue weighted by atomic mass is 10.0. The lowest BCUT2D eigenvalue weighted by molar-refractivity contribution is -0.402. The number of ketones is 1. The summed E-state index contributed by atoms with van der Waals surface area (Å²) < 4.78 is 13.7. The molecule has 0 atom stereocenters. The van der Waals surface area contributed by atoms with E-state index in [9.17, 15) is 19.3 Å². The molecule has 5 nitrogen and oxygen atoms in total. The van der Waals surface area contributed by atoms with E-state index in [1.54, 1.807) is 6.07 Å². The van der Waals surface area contributed by atoms with Gasteiger partial charge in [0.2, 0.25) is 6.20 Å². The topological polar surface area (TPSA) is 72.2 Å². The third-order valence-corrected chi connectivity index (χ3v) is 3.01. The number of hydrogen-bond donors (Lipinski definition) is 1. The van der Waals surface area contributed by atoms with Crippen LogP contribution in [0.1, 0.15) is 15.9 Å². The summed E-state index contributed by atoms with van der Waals surface area (Å²) in [7, 11) is 0. The van der Waals surface area contributed by atoms with E-state index < -0.39 is 16.5 Å². The van der Waals surface area contributed by atoms with Gasteiger partial charge in [0, 0.05) is 16.3 Å². The fourth-order valence-electron chi connectivity index (χ4n) is 1.81. The Kier molecular flexibility index (Phi) is 4.85. The maximum atomic E-state index is 13.7. The Morgan fingerprint density at radius 3 is 2.64 bits per heavy atom. The molecule has 7 heteroatoms. The molecule has 1 N–H and O–H groups in total. The monoisotopic (exact) mass is 320 g/mol. The molecule has 0 bridgehead atoms. The molecule has 0 amide bonds. The van der Waals surface area contributed by atoms with E-state index in [1.807, 2.05) is 0 Å². The number of carbonyl (C=O) groups excluding carboxylic acids is 1. The maximum absolute atomic E-state index is 13.7. The Bertz CT molecular complexity index is 762. The van der Waals surface area contributed by atoms with Crippen LogP contribution in [0.25, 0.3) is 0 Å². The molecule has 0 aliphatic carbocycles. The van der Waals surface area contributed by atoms with Gasteiger partial charge in [-0.3, -0.25) is 14.9 Å². The molecule has 112 valence electrons. The molecule has 0 spiro atoms.